The highest BCUT2D eigenvalue weighted by Gasteiger charge is 2.28. The summed E-state index contributed by atoms with van der Waals surface area (Å²) in [5.41, 5.74) is 0.233. The monoisotopic (exact) mass is 318 g/mol. The summed E-state index contributed by atoms with van der Waals surface area (Å²) in [5.74, 6) is 1.03. The third kappa shape index (κ3) is 4.27. The van der Waals surface area contributed by atoms with E-state index < -0.39 is 0 Å². The molecule has 0 saturated carbocycles. The van der Waals surface area contributed by atoms with Crippen molar-refractivity contribution >= 4 is 35.0 Å². The Morgan fingerprint density at radius 1 is 1.37 bits per heavy atom. The van der Waals surface area contributed by atoms with Gasteiger partial charge in [-0.25, -0.2) is 0 Å². The van der Waals surface area contributed by atoms with Crippen LogP contribution in [-0.2, 0) is 0 Å². The van der Waals surface area contributed by atoms with Gasteiger partial charge in [-0.3, -0.25) is 4.90 Å². The lowest BCUT2D eigenvalue weighted by Crippen LogP contribution is -2.58. The van der Waals surface area contributed by atoms with Crippen LogP contribution in [0.15, 0.2) is 23.1 Å². The zero-order valence-corrected chi connectivity index (χ0v) is 13.7. The van der Waals surface area contributed by atoms with Crippen molar-refractivity contribution in [1.82, 2.24) is 10.2 Å². The largest absolute Gasteiger partial charge is 0.314 e. The summed E-state index contributed by atoms with van der Waals surface area (Å²) in [6.07, 6.45) is 0. The highest BCUT2D eigenvalue weighted by Crippen LogP contribution is 2.30. The number of hydrogen-bond donors (Lipinski definition) is 1. The van der Waals surface area contributed by atoms with Crippen LogP contribution in [0.1, 0.15) is 13.8 Å². The van der Waals surface area contributed by atoms with Gasteiger partial charge in [-0.15, -0.1) is 11.8 Å². The molecule has 1 fully saturated rings. The Morgan fingerprint density at radius 3 is 2.89 bits per heavy atom. The second kappa shape index (κ2) is 6.68. The maximum Gasteiger partial charge on any atom is 0.0542 e. The quantitative estimate of drug-likeness (QED) is 0.851. The molecule has 0 spiro atoms. The van der Waals surface area contributed by atoms with E-state index in [2.05, 4.69) is 24.1 Å². The van der Waals surface area contributed by atoms with Crippen LogP contribution in [0.5, 0.6) is 0 Å². The predicted molar refractivity (Wildman–Crippen MR) is 85.7 cm³/mol. The Balaban J connectivity index is 1.87. The van der Waals surface area contributed by atoms with Crippen molar-refractivity contribution in [2.45, 2.75) is 24.3 Å². The minimum atomic E-state index is 0.233. The molecule has 0 aliphatic carbocycles. The Labute approximate surface area is 129 Å². The fourth-order valence-corrected chi connectivity index (χ4v) is 3.76. The van der Waals surface area contributed by atoms with Crippen LogP contribution in [0.2, 0.25) is 10.0 Å². The van der Waals surface area contributed by atoms with Gasteiger partial charge < -0.3 is 5.32 Å². The summed E-state index contributed by atoms with van der Waals surface area (Å²) in [5, 5.41) is 4.97. The van der Waals surface area contributed by atoms with Crippen LogP contribution in [0.4, 0.5) is 0 Å². The lowest BCUT2D eigenvalue weighted by atomic mass is 10.0. The Bertz CT molecular complexity index is 437. The summed E-state index contributed by atoms with van der Waals surface area (Å²) in [4.78, 5) is 3.61. The predicted octanol–water partition coefficient (Wildman–Crippen LogP) is 3.77. The Kier molecular flexibility index (Phi) is 5.44. The molecule has 0 unspecified atom stereocenters. The minimum absolute atomic E-state index is 0.233. The number of piperazine rings is 1. The van der Waals surface area contributed by atoms with Gasteiger partial charge in [0.15, 0.2) is 0 Å². The van der Waals surface area contributed by atoms with Crippen LogP contribution in [0.25, 0.3) is 0 Å². The van der Waals surface area contributed by atoms with Gasteiger partial charge in [0.25, 0.3) is 0 Å². The highest BCUT2D eigenvalue weighted by molar-refractivity contribution is 7.99. The van der Waals surface area contributed by atoms with Crippen LogP contribution < -0.4 is 5.32 Å². The molecule has 1 aliphatic heterocycles. The van der Waals surface area contributed by atoms with Crippen LogP contribution in [0.3, 0.4) is 0 Å². The summed E-state index contributed by atoms with van der Waals surface area (Å²) < 4.78 is 0. The zero-order valence-electron chi connectivity index (χ0n) is 11.4. The number of thioether (sulfide) groups is 1. The maximum atomic E-state index is 6.17. The van der Waals surface area contributed by atoms with E-state index in [4.69, 9.17) is 23.2 Å². The van der Waals surface area contributed by atoms with Crippen LogP contribution in [-0.4, -0.2) is 42.4 Å². The molecule has 1 aromatic rings. The molecule has 5 heteroatoms. The van der Waals surface area contributed by atoms with Crippen LogP contribution >= 0.6 is 35.0 Å². The molecule has 0 bridgehead atoms. The molecule has 1 saturated heterocycles. The second-order valence-electron chi connectivity index (χ2n) is 5.40. The molecule has 19 heavy (non-hydrogen) atoms. The number of rotatable bonds is 4. The third-order valence-electron chi connectivity index (χ3n) is 3.48. The molecule has 1 heterocycles. The van der Waals surface area contributed by atoms with E-state index in [0.717, 1.165) is 46.9 Å². The molecule has 2 nitrogen and oxygen atoms in total. The van der Waals surface area contributed by atoms with Gasteiger partial charge in [0.05, 0.1) is 5.02 Å². The topological polar surface area (TPSA) is 15.3 Å². The first-order chi connectivity index (χ1) is 8.99. The Hall–Kier alpha value is 0.0700. The molecule has 1 aliphatic rings. The molecule has 1 aromatic carbocycles. The van der Waals surface area contributed by atoms with E-state index >= 15 is 0 Å². The average Bonchev–Trinajstić information content (AvgIpc) is 2.35. The van der Waals surface area contributed by atoms with Crippen molar-refractivity contribution in [2.75, 3.05) is 31.9 Å². The van der Waals surface area contributed by atoms with Gasteiger partial charge in [-0.2, -0.15) is 0 Å². The first-order valence-electron chi connectivity index (χ1n) is 6.53. The zero-order chi connectivity index (χ0) is 13.9. The number of halogens is 2. The van der Waals surface area contributed by atoms with E-state index in [1.165, 1.54) is 0 Å². The summed E-state index contributed by atoms with van der Waals surface area (Å²) in [6, 6.07) is 5.63. The molecule has 0 radical (unpaired) electrons. The summed E-state index contributed by atoms with van der Waals surface area (Å²) >= 11 is 13.9. The van der Waals surface area contributed by atoms with Crippen molar-refractivity contribution in [3.8, 4) is 0 Å². The van der Waals surface area contributed by atoms with Gasteiger partial charge >= 0.3 is 0 Å². The standard InChI is InChI=1S/C14H20Cl2N2S/c1-14(2)10-17-5-6-18(14)7-8-19-13-9-11(15)3-4-12(13)16/h3-4,9,17H,5-8,10H2,1-2H3. The van der Waals surface area contributed by atoms with Crippen molar-refractivity contribution < 1.29 is 0 Å². The minimum Gasteiger partial charge on any atom is -0.314 e. The SMILES string of the molecule is CC1(C)CNCCN1CCSc1cc(Cl)ccc1Cl. The fraction of sp³-hybridized carbons (Fsp3) is 0.571. The van der Waals surface area contributed by atoms with Gasteiger partial charge in [-0.05, 0) is 32.0 Å². The van der Waals surface area contributed by atoms with E-state index in [-0.39, 0.29) is 5.54 Å². The number of nitrogens with one attached hydrogen (secondary N) is 1. The number of nitrogens with zero attached hydrogens (tertiary/aromatic N) is 1. The van der Waals surface area contributed by atoms with Crippen molar-refractivity contribution in [3.05, 3.63) is 28.2 Å². The van der Waals surface area contributed by atoms with Gasteiger partial charge in [0.2, 0.25) is 0 Å². The van der Waals surface area contributed by atoms with E-state index in [1.54, 1.807) is 11.8 Å². The summed E-state index contributed by atoms with van der Waals surface area (Å²) in [7, 11) is 0. The van der Waals surface area contributed by atoms with E-state index in [9.17, 15) is 0 Å². The molecule has 0 atom stereocenters. The second-order valence-corrected chi connectivity index (χ2v) is 7.38. The van der Waals surface area contributed by atoms with Crippen LogP contribution in [0, 0.1) is 0 Å². The van der Waals surface area contributed by atoms with Crippen molar-refractivity contribution in [2.24, 2.45) is 0 Å². The lowest BCUT2D eigenvalue weighted by Gasteiger charge is -2.42. The summed E-state index contributed by atoms with van der Waals surface area (Å²) in [6.45, 7) is 8.88. The number of hydrogen-bond acceptors (Lipinski definition) is 3. The van der Waals surface area contributed by atoms with Crippen molar-refractivity contribution in [1.29, 1.82) is 0 Å². The molecule has 0 aromatic heterocycles. The molecule has 106 valence electrons. The smallest absolute Gasteiger partial charge is 0.0542 e. The van der Waals surface area contributed by atoms with E-state index in [0.29, 0.717) is 0 Å². The first kappa shape index (κ1) is 15.5. The normalized spacial score (nSPS) is 19.6. The average molecular weight is 319 g/mol. The van der Waals surface area contributed by atoms with E-state index in [1.807, 2.05) is 18.2 Å². The molecule has 1 N–H and O–H groups in total. The van der Waals surface area contributed by atoms with Gasteiger partial charge in [0.1, 0.15) is 0 Å². The molecule has 0 amide bonds. The third-order valence-corrected chi connectivity index (χ3v) is 5.20. The molecular weight excluding hydrogens is 299 g/mol. The lowest BCUT2D eigenvalue weighted by molar-refractivity contribution is 0.0986. The van der Waals surface area contributed by atoms with Gasteiger partial charge in [-0.1, -0.05) is 23.2 Å². The maximum absolute atomic E-state index is 6.17. The highest BCUT2D eigenvalue weighted by atomic mass is 35.5. The van der Waals surface area contributed by atoms with Crippen molar-refractivity contribution in [3.63, 3.8) is 0 Å². The number of benzene rings is 1. The Morgan fingerprint density at radius 2 is 2.16 bits per heavy atom. The molecule has 2 rings (SSSR count). The van der Waals surface area contributed by atoms with Gasteiger partial charge in [0, 0.05) is 47.4 Å². The first-order valence-corrected chi connectivity index (χ1v) is 8.27. The molecular formula is C14H20Cl2N2S. The fourth-order valence-electron chi connectivity index (χ4n) is 2.29.